The molecule has 0 fully saturated rings. The molecule has 21 heavy (non-hydrogen) atoms. The number of halogens is 3. The predicted molar refractivity (Wildman–Crippen MR) is 72.7 cm³/mol. The average Bonchev–Trinajstić information content (AvgIpc) is 2.35. The van der Waals surface area contributed by atoms with E-state index in [1.54, 1.807) is 19.9 Å². The maximum atomic E-state index is 12.3. The van der Waals surface area contributed by atoms with Crippen molar-refractivity contribution in [2.75, 3.05) is 6.54 Å². The lowest BCUT2D eigenvalue weighted by atomic mass is 10.0. The van der Waals surface area contributed by atoms with Gasteiger partial charge in [0.25, 0.3) is 0 Å². The molecule has 1 rings (SSSR count). The molecule has 0 aliphatic carbocycles. The number of benzene rings is 1. The van der Waals surface area contributed by atoms with Crippen LogP contribution in [0.4, 0.5) is 13.2 Å². The number of carbonyl (C=O) groups excluding carboxylic acids is 1. The molecule has 0 bridgehead atoms. The van der Waals surface area contributed by atoms with Crippen molar-refractivity contribution in [3.63, 3.8) is 0 Å². The summed E-state index contributed by atoms with van der Waals surface area (Å²) in [6.45, 7) is 5.82. The van der Waals surface area contributed by atoms with Gasteiger partial charge in [-0.3, -0.25) is 4.79 Å². The fourth-order valence-electron chi connectivity index (χ4n) is 1.79. The first-order valence-corrected chi connectivity index (χ1v) is 6.52. The van der Waals surface area contributed by atoms with Crippen LogP contribution in [0.2, 0.25) is 0 Å². The van der Waals surface area contributed by atoms with E-state index in [2.05, 4.69) is 15.4 Å². The number of hydrogen-bond acceptors (Lipinski definition) is 3. The Labute approximate surface area is 121 Å². The minimum absolute atomic E-state index is 0.0418. The highest BCUT2D eigenvalue weighted by Crippen LogP contribution is 2.26. The zero-order valence-electron chi connectivity index (χ0n) is 12.2. The molecule has 2 N–H and O–H groups in total. The molecule has 0 heterocycles. The number of nitrogens with one attached hydrogen (secondary N) is 2. The zero-order chi connectivity index (χ0) is 16.1. The van der Waals surface area contributed by atoms with Crippen LogP contribution in [0.15, 0.2) is 24.3 Å². The maximum absolute atomic E-state index is 12.3. The quantitative estimate of drug-likeness (QED) is 0.849. The van der Waals surface area contributed by atoms with E-state index in [0.717, 1.165) is 0 Å². The van der Waals surface area contributed by atoms with E-state index in [-0.39, 0.29) is 23.8 Å². The molecule has 0 saturated heterocycles. The molecule has 1 amide bonds. The molecule has 0 aliphatic rings. The van der Waals surface area contributed by atoms with Gasteiger partial charge in [-0.05, 0) is 26.5 Å². The summed E-state index contributed by atoms with van der Waals surface area (Å²) in [4.78, 5) is 12.0. The van der Waals surface area contributed by atoms with Gasteiger partial charge < -0.3 is 15.4 Å². The van der Waals surface area contributed by atoms with Crippen LogP contribution in [0, 0.1) is 0 Å². The number of alkyl halides is 3. The van der Waals surface area contributed by atoms with Gasteiger partial charge in [-0.15, -0.1) is 13.2 Å². The number of likely N-dealkylation sites (N-methyl/N-ethyl adjacent to an activating group) is 1. The Bertz CT molecular complexity index is 487. The zero-order valence-corrected chi connectivity index (χ0v) is 12.2. The third kappa shape index (κ3) is 5.63. The molecule has 0 aromatic heterocycles. The van der Waals surface area contributed by atoms with Crippen LogP contribution in [0.3, 0.4) is 0 Å². The molecule has 4 nitrogen and oxygen atoms in total. The predicted octanol–water partition coefficient (Wildman–Crippen LogP) is 2.59. The standard InChI is InChI=1S/C14H19F3N2O2/c1-4-19-13(2,3)12(20)18-9-10-7-5-6-8-11(10)21-14(15,16)17/h5-8,19H,4,9H2,1-3H3,(H,18,20). The monoisotopic (exact) mass is 304 g/mol. The number of amides is 1. The third-order valence-corrected chi connectivity index (χ3v) is 2.82. The Morgan fingerprint density at radius 2 is 1.86 bits per heavy atom. The highest BCUT2D eigenvalue weighted by atomic mass is 19.4. The van der Waals surface area contributed by atoms with Gasteiger partial charge in [-0.1, -0.05) is 25.1 Å². The Kier molecular flexibility index (Phi) is 5.60. The SMILES string of the molecule is CCNC(C)(C)C(=O)NCc1ccccc1OC(F)(F)F. The van der Waals surface area contributed by atoms with Crippen molar-refractivity contribution in [1.82, 2.24) is 10.6 Å². The Morgan fingerprint density at radius 3 is 2.43 bits per heavy atom. The van der Waals surface area contributed by atoms with Crippen LogP contribution >= 0.6 is 0 Å². The molecular formula is C14H19F3N2O2. The molecule has 1 aromatic carbocycles. The van der Waals surface area contributed by atoms with Crippen LogP contribution < -0.4 is 15.4 Å². The van der Waals surface area contributed by atoms with Crippen molar-refractivity contribution >= 4 is 5.91 Å². The molecule has 0 saturated carbocycles. The van der Waals surface area contributed by atoms with Crippen LogP contribution in [-0.2, 0) is 11.3 Å². The first-order chi connectivity index (χ1) is 9.65. The van der Waals surface area contributed by atoms with Crippen LogP contribution in [0.1, 0.15) is 26.3 Å². The van der Waals surface area contributed by atoms with Crippen molar-refractivity contribution in [3.05, 3.63) is 29.8 Å². The van der Waals surface area contributed by atoms with E-state index in [1.165, 1.54) is 18.2 Å². The van der Waals surface area contributed by atoms with Crippen LogP contribution in [0.5, 0.6) is 5.75 Å². The number of carbonyl (C=O) groups is 1. The third-order valence-electron chi connectivity index (χ3n) is 2.82. The molecule has 1 aromatic rings. The lowest BCUT2D eigenvalue weighted by molar-refractivity contribution is -0.274. The number of para-hydroxylation sites is 1. The minimum Gasteiger partial charge on any atom is -0.405 e. The van der Waals surface area contributed by atoms with E-state index in [9.17, 15) is 18.0 Å². The van der Waals surface area contributed by atoms with Gasteiger partial charge in [0, 0.05) is 12.1 Å². The molecule has 0 aliphatic heterocycles. The molecular weight excluding hydrogens is 285 g/mol. The van der Waals surface area contributed by atoms with E-state index >= 15 is 0 Å². The first-order valence-electron chi connectivity index (χ1n) is 6.52. The van der Waals surface area contributed by atoms with Crippen molar-refractivity contribution in [3.8, 4) is 5.75 Å². The van der Waals surface area contributed by atoms with Gasteiger partial charge in [-0.2, -0.15) is 0 Å². The molecule has 0 spiro atoms. The largest absolute Gasteiger partial charge is 0.573 e. The topological polar surface area (TPSA) is 50.4 Å². The van der Waals surface area contributed by atoms with E-state index in [0.29, 0.717) is 6.54 Å². The van der Waals surface area contributed by atoms with E-state index in [1.807, 2.05) is 6.92 Å². The molecule has 118 valence electrons. The lowest BCUT2D eigenvalue weighted by Gasteiger charge is -2.24. The summed E-state index contributed by atoms with van der Waals surface area (Å²) in [7, 11) is 0. The van der Waals surface area contributed by atoms with Crippen LogP contribution in [0.25, 0.3) is 0 Å². The number of rotatable bonds is 6. The normalized spacial score (nSPS) is 12.1. The van der Waals surface area contributed by atoms with E-state index in [4.69, 9.17) is 0 Å². The summed E-state index contributed by atoms with van der Waals surface area (Å²) >= 11 is 0. The lowest BCUT2D eigenvalue weighted by Crippen LogP contribution is -2.52. The van der Waals surface area contributed by atoms with Crippen molar-refractivity contribution < 1.29 is 22.7 Å². The fraction of sp³-hybridized carbons (Fsp3) is 0.500. The Balaban J connectivity index is 2.74. The van der Waals surface area contributed by atoms with E-state index < -0.39 is 11.9 Å². The highest BCUT2D eigenvalue weighted by molar-refractivity contribution is 5.85. The second-order valence-corrected chi connectivity index (χ2v) is 4.99. The molecule has 0 unspecified atom stereocenters. The van der Waals surface area contributed by atoms with Gasteiger partial charge in [0.05, 0.1) is 5.54 Å². The summed E-state index contributed by atoms with van der Waals surface area (Å²) in [5.41, 5.74) is -0.537. The first kappa shape index (κ1) is 17.3. The molecule has 0 atom stereocenters. The average molecular weight is 304 g/mol. The van der Waals surface area contributed by atoms with Crippen LogP contribution in [-0.4, -0.2) is 24.4 Å². The summed E-state index contributed by atoms with van der Waals surface area (Å²) in [6.07, 6.45) is -4.76. The highest BCUT2D eigenvalue weighted by Gasteiger charge is 2.32. The molecule has 0 radical (unpaired) electrons. The molecule has 7 heteroatoms. The van der Waals surface area contributed by atoms with Gasteiger partial charge in [-0.25, -0.2) is 0 Å². The number of hydrogen-bond donors (Lipinski definition) is 2. The minimum atomic E-state index is -4.76. The number of ether oxygens (including phenoxy) is 1. The fourth-order valence-corrected chi connectivity index (χ4v) is 1.79. The summed E-state index contributed by atoms with van der Waals surface area (Å²) in [5.74, 6) is -0.613. The van der Waals surface area contributed by atoms with Crippen molar-refractivity contribution in [2.45, 2.75) is 39.2 Å². The Hall–Kier alpha value is -1.76. The van der Waals surface area contributed by atoms with Gasteiger partial charge in [0.2, 0.25) is 5.91 Å². The summed E-state index contributed by atoms with van der Waals surface area (Å²) < 4.78 is 40.8. The smallest absolute Gasteiger partial charge is 0.405 e. The van der Waals surface area contributed by atoms with Crippen molar-refractivity contribution in [2.24, 2.45) is 0 Å². The second kappa shape index (κ2) is 6.80. The van der Waals surface area contributed by atoms with Gasteiger partial charge >= 0.3 is 6.36 Å². The maximum Gasteiger partial charge on any atom is 0.573 e. The van der Waals surface area contributed by atoms with Gasteiger partial charge in [0.15, 0.2) is 0 Å². The van der Waals surface area contributed by atoms with Gasteiger partial charge in [0.1, 0.15) is 5.75 Å². The Morgan fingerprint density at radius 1 is 1.24 bits per heavy atom. The van der Waals surface area contributed by atoms with Crippen molar-refractivity contribution in [1.29, 1.82) is 0 Å². The second-order valence-electron chi connectivity index (χ2n) is 4.99. The summed E-state index contributed by atoms with van der Waals surface area (Å²) in [6, 6.07) is 5.71. The summed E-state index contributed by atoms with van der Waals surface area (Å²) in [5, 5.41) is 5.59.